The number of nitrogens with one attached hydrogen (secondary N) is 2. The number of fused-ring (bicyclic) bond motifs is 1. The number of nitrogens with zero attached hydrogens (tertiary/aromatic N) is 3. The Hall–Kier alpha value is -3.56. The third kappa shape index (κ3) is 7.47. The van der Waals surface area contributed by atoms with Crippen LogP contribution in [-0.2, 0) is 16.8 Å². The van der Waals surface area contributed by atoms with Crippen molar-refractivity contribution in [1.29, 1.82) is 0 Å². The summed E-state index contributed by atoms with van der Waals surface area (Å²) in [6, 6.07) is 19.8. The summed E-state index contributed by atoms with van der Waals surface area (Å²) in [4.78, 5) is 19.0. The zero-order valence-corrected chi connectivity index (χ0v) is 29.5. The van der Waals surface area contributed by atoms with E-state index < -0.39 is 6.04 Å². The Balaban J connectivity index is 1.54. The van der Waals surface area contributed by atoms with Crippen molar-refractivity contribution in [3.63, 3.8) is 0 Å². The summed E-state index contributed by atoms with van der Waals surface area (Å²) in [6.45, 7) is 15.2. The number of thioether (sulfide) groups is 1. The number of benzene rings is 3. The summed E-state index contributed by atoms with van der Waals surface area (Å²) in [5.74, 6) is 2.00. The van der Waals surface area contributed by atoms with Gasteiger partial charge in [-0.15, -0.1) is 5.10 Å². The number of carbonyl (C=O) groups is 1. The topological polar surface area (TPSA) is 81.1 Å². The second-order valence-corrected chi connectivity index (χ2v) is 14.5. The van der Waals surface area contributed by atoms with Crippen molar-refractivity contribution in [2.75, 3.05) is 16.4 Å². The molecule has 1 unspecified atom stereocenters. The van der Waals surface area contributed by atoms with Gasteiger partial charge in [0.15, 0.2) is 0 Å². The van der Waals surface area contributed by atoms with Gasteiger partial charge < -0.3 is 15.4 Å². The molecule has 1 aliphatic heterocycles. The summed E-state index contributed by atoms with van der Waals surface area (Å²) < 4.78 is 9.22. The molecule has 0 saturated carbocycles. The van der Waals surface area contributed by atoms with Crippen LogP contribution in [0.2, 0.25) is 0 Å². The van der Waals surface area contributed by atoms with Gasteiger partial charge in [-0.1, -0.05) is 98.2 Å². The molecule has 2 heterocycles. The van der Waals surface area contributed by atoms with E-state index in [-0.39, 0.29) is 11.3 Å². The van der Waals surface area contributed by atoms with Crippen molar-refractivity contribution in [1.82, 2.24) is 14.8 Å². The third-order valence-corrected chi connectivity index (χ3v) is 9.56. The van der Waals surface area contributed by atoms with Crippen molar-refractivity contribution in [2.24, 2.45) is 0 Å². The second kappa shape index (κ2) is 13.8. The molecule has 5 rings (SSSR count). The van der Waals surface area contributed by atoms with Crippen LogP contribution in [0, 0.1) is 13.8 Å². The zero-order valence-electron chi connectivity index (χ0n) is 27.1. The minimum atomic E-state index is -0.574. The summed E-state index contributed by atoms with van der Waals surface area (Å²) in [7, 11) is 0. The largest absolute Gasteiger partial charge is 0.489 e. The Morgan fingerprint density at radius 3 is 2.56 bits per heavy atom. The number of hydrogen-bond donors (Lipinski definition) is 2. The molecule has 236 valence electrons. The van der Waals surface area contributed by atoms with Crippen LogP contribution in [0.15, 0.2) is 81.6 Å². The lowest BCUT2D eigenvalue weighted by Crippen LogP contribution is -2.32. The van der Waals surface area contributed by atoms with Gasteiger partial charge in [-0.25, -0.2) is 4.68 Å². The highest BCUT2D eigenvalue weighted by atomic mass is 79.9. The average molecular weight is 689 g/mol. The number of allylic oxidation sites excluding steroid dienone is 1. The van der Waals surface area contributed by atoms with E-state index in [1.807, 2.05) is 61.9 Å². The van der Waals surface area contributed by atoms with Gasteiger partial charge >= 0.3 is 0 Å². The Morgan fingerprint density at radius 1 is 1.09 bits per heavy atom. The first-order valence-electron chi connectivity index (χ1n) is 15.4. The Labute approximate surface area is 279 Å². The van der Waals surface area contributed by atoms with Gasteiger partial charge in [0.2, 0.25) is 11.1 Å². The lowest BCUT2D eigenvalue weighted by molar-refractivity contribution is -0.113. The molecule has 0 spiro atoms. The smallest absolute Gasteiger partial charge is 0.255 e. The standard InChI is InChI=1S/C36H42BrN5O2S/c1-8-9-19-45-35-40-34-38-24(4)31(33(43)39-29-12-10-11-22(2)23(29)3)32(42(34)41-35)28-20-27(37)17-18-30(28)44-21-25-13-15-26(16-14-25)36(5,6)7/h10-18,20,32H,8-9,19,21H2,1-7H3,(H,39,43)(H,38,40,41). The molecule has 0 fully saturated rings. The highest BCUT2D eigenvalue weighted by Gasteiger charge is 2.36. The Kier molecular flexibility index (Phi) is 10.1. The number of rotatable bonds is 10. The zero-order chi connectivity index (χ0) is 32.3. The number of carbonyl (C=O) groups excluding carboxylic acids is 1. The number of amides is 1. The molecule has 4 aromatic rings. The van der Waals surface area contributed by atoms with Gasteiger partial charge in [-0.3, -0.25) is 4.79 Å². The molecule has 1 aromatic heterocycles. The van der Waals surface area contributed by atoms with E-state index in [2.05, 4.69) is 78.5 Å². The fourth-order valence-corrected chi connectivity index (χ4v) is 6.58. The number of aryl methyl sites for hydroxylation is 1. The molecule has 45 heavy (non-hydrogen) atoms. The van der Waals surface area contributed by atoms with Crippen LogP contribution in [0.25, 0.3) is 0 Å². The molecule has 3 aromatic carbocycles. The van der Waals surface area contributed by atoms with Gasteiger partial charge in [-0.05, 0) is 79.1 Å². The monoisotopic (exact) mass is 687 g/mol. The molecule has 0 saturated heterocycles. The summed E-state index contributed by atoms with van der Waals surface area (Å²) >= 11 is 5.31. The third-order valence-electron chi connectivity index (χ3n) is 8.14. The van der Waals surface area contributed by atoms with Gasteiger partial charge in [-0.2, -0.15) is 4.98 Å². The fourth-order valence-electron chi connectivity index (χ4n) is 5.28. The predicted molar refractivity (Wildman–Crippen MR) is 188 cm³/mol. The number of aromatic nitrogens is 3. The maximum absolute atomic E-state index is 14.2. The van der Waals surface area contributed by atoms with E-state index in [9.17, 15) is 4.79 Å². The van der Waals surface area contributed by atoms with Crippen LogP contribution in [0.1, 0.15) is 81.3 Å². The minimum Gasteiger partial charge on any atom is -0.489 e. The van der Waals surface area contributed by atoms with E-state index in [0.29, 0.717) is 29.0 Å². The van der Waals surface area contributed by atoms with Crippen molar-refractivity contribution in [3.8, 4) is 5.75 Å². The maximum Gasteiger partial charge on any atom is 0.255 e. The summed E-state index contributed by atoms with van der Waals surface area (Å²) in [5.41, 5.74) is 7.44. The Bertz CT molecular complexity index is 1720. The molecule has 9 heteroatoms. The molecule has 0 bridgehead atoms. The first-order chi connectivity index (χ1) is 21.5. The van der Waals surface area contributed by atoms with Gasteiger partial charge in [0.05, 0.1) is 5.57 Å². The number of anilines is 2. The second-order valence-electron chi connectivity index (χ2n) is 12.6. The molecular formula is C36H42BrN5O2S. The first kappa shape index (κ1) is 32.8. The number of unbranched alkanes of at least 4 members (excludes halogenated alkanes) is 1. The highest BCUT2D eigenvalue weighted by molar-refractivity contribution is 9.10. The molecule has 0 radical (unpaired) electrons. The fraction of sp³-hybridized carbons (Fsp3) is 0.361. The Morgan fingerprint density at radius 2 is 1.84 bits per heavy atom. The molecule has 1 atom stereocenters. The van der Waals surface area contributed by atoms with E-state index in [1.165, 1.54) is 5.56 Å². The average Bonchev–Trinajstić information content (AvgIpc) is 3.40. The SMILES string of the molecule is CCCCSc1nc2n(n1)C(c1cc(Br)ccc1OCc1ccc(C(C)(C)C)cc1)C(C(=O)Nc1cccc(C)c1C)=C(C)N2. The quantitative estimate of drug-likeness (QED) is 0.128. The number of hydrogen-bond acceptors (Lipinski definition) is 6. The van der Waals surface area contributed by atoms with Gasteiger partial charge in [0, 0.05) is 27.2 Å². The van der Waals surface area contributed by atoms with Gasteiger partial charge in [0.25, 0.3) is 5.91 Å². The van der Waals surface area contributed by atoms with Crippen molar-refractivity contribution in [3.05, 3.63) is 104 Å². The maximum atomic E-state index is 14.2. The van der Waals surface area contributed by atoms with E-state index in [1.54, 1.807) is 11.8 Å². The number of ether oxygens (including phenoxy) is 1. The molecule has 2 N–H and O–H groups in total. The van der Waals surface area contributed by atoms with E-state index >= 15 is 0 Å². The lowest BCUT2D eigenvalue weighted by Gasteiger charge is -2.30. The van der Waals surface area contributed by atoms with Crippen LogP contribution < -0.4 is 15.4 Å². The van der Waals surface area contributed by atoms with E-state index in [0.717, 1.165) is 56.7 Å². The van der Waals surface area contributed by atoms with Crippen LogP contribution in [0.3, 0.4) is 0 Å². The molecule has 0 aliphatic carbocycles. The van der Waals surface area contributed by atoms with Crippen LogP contribution in [-0.4, -0.2) is 26.4 Å². The minimum absolute atomic E-state index is 0.0780. The highest BCUT2D eigenvalue weighted by Crippen LogP contribution is 2.42. The van der Waals surface area contributed by atoms with E-state index in [4.69, 9.17) is 14.8 Å². The lowest BCUT2D eigenvalue weighted by atomic mass is 9.87. The summed E-state index contributed by atoms with van der Waals surface area (Å²) in [5, 5.41) is 12.2. The predicted octanol–water partition coefficient (Wildman–Crippen LogP) is 9.35. The molecule has 1 aliphatic rings. The summed E-state index contributed by atoms with van der Waals surface area (Å²) in [6.07, 6.45) is 2.18. The number of halogens is 1. The van der Waals surface area contributed by atoms with Gasteiger partial charge in [0.1, 0.15) is 18.4 Å². The van der Waals surface area contributed by atoms with Crippen LogP contribution >= 0.6 is 27.7 Å². The van der Waals surface area contributed by atoms with Crippen molar-refractivity contribution >= 4 is 45.2 Å². The van der Waals surface area contributed by atoms with Crippen LogP contribution in [0.5, 0.6) is 5.75 Å². The first-order valence-corrected chi connectivity index (χ1v) is 17.2. The molecular weight excluding hydrogens is 646 g/mol. The normalized spacial score (nSPS) is 14.6. The van der Waals surface area contributed by atoms with Crippen molar-refractivity contribution in [2.45, 2.75) is 84.5 Å². The van der Waals surface area contributed by atoms with Crippen LogP contribution in [0.4, 0.5) is 11.6 Å². The van der Waals surface area contributed by atoms with Crippen molar-refractivity contribution < 1.29 is 9.53 Å². The molecule has 1 amide bonds. The molecule has 7 nitrogen and oxygen atoms in total.